The molecule has 3 amide bonds. The number of nitro groups is 1. The van der Waals surface area contributed by atoms with Gasteiger partial charge in [-0.1, -0.05) is 24.3 Å². The van der Waals surface area contributed by atoms with Gasteiger partial charge in [0.2, 0.25) is 0 Å². The van der Waals surface area contributed by atoms with Crippen molar-refractivity contribution in [1.82, 2.24) is 4.90 Å². The molecule has 38 heavy (non-hydrogen) atoms. The molecule has 0 unspecified atom stereocenters. The van der Waals surface area contributed by atoms with Crippen LogP contribution in [0.25, 0.3) is 6.08 Å². The highest BCUT2D eigenvalue weighted by molar-refractivity contribution is 8.18. The van der Waals surface area contributed by atoms with E-state index in [9.17, 15) is 29.3 Å². The number of amides is 3. The molecule has 3 aromatic rings. The van der Waals surface area contributed by atoms with E-state index in [1.54, 1.807) is 30.3 Å². The Hall–Kier alpha value is -4.77. The number of thioether (sulfide) groups is 1. The number of ketones is 1. The average Bonchev–Trinajstić information content (AvgIpc) is 3.15. The summed E-state index contributed by atoms with van der Waals surface area (Å²) in [7, 11) is 0. The molecule has 1 aliphatic heterocycles. The number of non-ortho nitro benzene ring substituents is 1. The molecule has 1 heterocycles. The first-order chi connectivity index (χ1) is 18.2. The van der Waals surface area contributed by atoms with E-state index < -0.39 is 28.4 Å². The molecule has 3 aromatic carbocycles. The van der Waals surface area contributed by atoms with Crippen LogP contribution in [-0.4, -0.2) is 45.8 Å². The third-order valence-electron chi connectivity index (χ3n) is 5.43. The van der Waals surface area contributed by atoms with Crippen LogP contribution in [0.5, 0.6) is 5.75 Å². The van der Waals surface area contributed by atoms with E-state index in [-0.39, 0.29) is 28.7 Å². The SMILES string of the molecule is Cc1cccc(NC(=O)COc2ccc(/C=C3/SC(=O)N(CC(=O)c4ccc([N+](=O)[O-])cc4)C3=O)cc2)c1. The number of rotatable bonds is 9. The summed E-state index contributed by atoms with van der Waals surface area (Å²) in [6.45, 7) is 1.27. The number of nitrogens with zero attached hydrogens (tertiary/aromatic N) is 2. The summed E-state index contributed by atoms with van der Waals surface area (Å²) in [6.07, 6.45) is 1.52. The quantitative estimate of drug-likeness (QED) is 0.179. The Morgan fingerprint density at radius 3 is 2.42 bits per heavy atom. The number of Topliss-reactive ketones (excluding diaryl/α,β-unsaturated/α-hetero) is 1. The molecule has 10 nitrogen and oxygen atoms in total. The summed E-state index contributed by atoms with van der Waals surface area (Å²) in [5.41, 5.74) is 2.30. The molecular weight excluding hydrogens is 510 g/mol. The van der Waals surface area contributed by atoms with Crippen molar-refractivity contribution in [3.8, 4) is 5.75 Å². The van der Waals surface area contributed by atoms with Gasteiger partial charge >= 0.3 is 0 Å². The molecule has 1 fully saturated rings. The Morgan fingerprint density at radius 2 is 1.76 bits per heavy atom. The lowest BCUT2D eigenvalue weighted by Crippen LogP contribution is -2.33. The lowest BCUT2D eigenvalue weighted by Gasteiger charge is -2.11. The first kappa shape index (κ1) is 26.3. The Morgan fingerprint density at radius 1 is 1.05 bits per heavy atom. The van der Waals surface area contributed by atoms with Gasteiger partial charge in [-0.15, -0.1) is 0 Å². The van der Waals surface area contributed by atoms with E-state index in [1.807, 2.05) is 25.1 Å². The van der Waals surface area contributed by atoms with Gasteiger partial charge in [0.05, 0.1) is 16.4 Å². The average molecular weight is 532 g/mol. The normalized spacial score (nSPS) is 14.0. The van der Waals surface area contributed by atoms with E-state index in [0.717, 1.165) is 10.5 Å². The summed E-state index contributed by atoms with van der Waals surface area (Å²) in [4.78, 5) is 60.9. The molecule has 4 rings (SSSR count). The fourth-order valence-corrected chi connectivity index (χ4v) is 4.36. The minimum atomic E-state index is -0.608. The summed E-state index contributed by atoms with van der Waals surface area (Å²) in [5.74, 6) is -0.986. The van der Waals surface area contributed by atoms with Crippen molar-refractivity contribution < 1.29 is 28.8 Å². The summed E-state index contributed by atoms with van der Waals surface area (Å²) in [6, 6.07) is 18.9. The van der Waals surface area contributed by atoms with E-state index in [2.05, 4.69) is 5.32 Å². The minimum absolute atomic E-state index is 0.151. The monoisotopic (exact) mass is 531 g/mol. The smallest absolute Gasteiger partial charge is 0.293 e. The number of hydrogen-bond donors (Lipinski definition) is 1. The van der Waals surface area contributed by atoms with Crippen LogP contribution in [0.1, 0.15) is 21.5 Å². The fraction of sp³-hybridized carbons (Fsp3) is 0.111. The second kappa shape index (κ2) is 11.5. The van der Waals surface area contributed by atoms with Gasteiger partial charge in [0, 0.05) is 23.4 Å². The second-order valence-electron chi connectivity index (χ2n) is 8.27. The fourth-order valence-electron chi connectivity index (χ4n) is 3.52. The van der Waals surface area contributed by atoms with E-state index in [4.69, 9.17) is 4.74 Å². The van der Waals surface area contributed by atoms with E-state index in [1.165, 1.54) is 30.3 Å². The van der Waals surface area contributed by atoms with Crippen molar-refractivity contribution in [2.24, 2.45) is 0 Å². The summed E-state index contributed by atoms with van der Waals surface area (Å²) < 4.78 is 5.51. The number of carbonyl (C=O) groups is 4. The number of aryl methyl sites for hydroxylation is 1. The number of hydrogen-bond acceptors (Lipinski definition) is 8. The van der Waals surface area contributed by atoms with Gasteiger partial charge < -0.3 is 10.1 Å². The topological polar surface area (TPSA) is 136 Å². The molecule has 0 aliphatic carbocycles. The number of nitro benzene ring substituents is 1. The number of nitrogens with one attached hydrogen (secondary N) is 1. The van der Waals surface area contributed by atoms with Crippen LogP contribution in [0.4, 0.5) is 16.2 Å². The zero-order valence-electron chi connectivity index (χ0n) is 20.1. The van der Waals surface area contributed by atoms with Gasteiger partial charge in [0.15, 0.2) is 12.4 Å². The molecule has 0 spiro atoms. The number of carbonyl (C=O) groups excluding carboxylic acids is 4. The molecular formula is C27H21N3O7S. The van der Waals surface area contributed by atoms with Crippen molar-refractivity contribution in [3.05, 3.63) is 105 Å². The van der Waals surface area contributed by atoms with Gasteiger partial charge in [-0.25, -0.2) is 0 Å². The molecule has 1 N–H and O–H groups in total. The van der Waals surface area contributed by atoms with Gasteiger partial charge in [0.1, 0.15) is 5.75 Å². The standard InChI is InChI=1S/C27H21N3O7S/c1-17-3-2-4-20(13-17)28-25(32)16-37-22-11-5-18(6-12-22)14-24-26(33)29(27(34)38-24)15-23(31)19-7-9-21(10-8-19)30(35)36/h2-14H,15-16H2,1H3,(H,28,32)/b24-14+. The van der Waals surface area contributed by atoms with Crippen LogP contribution in [-0.2, 0) is 9.59 Å². The molecule has 1 saturated heterocycles. The number of ether oxygens (including phenoxy) is 1. The maximum Gasteiger partial charge on any atom is 0.293 e. The van der Waals surface area contributed by atoms with Crippen molar-refractivity contribution in [3.63, 3.8) is 0 Å². The zero-order chi connectivity index (χ0) is 27.2. The van der Waals surface area contributed by atoms with Gasteiger partial charge in [-0.2, -0.15) is 0 Å². The second-order valence-corrected chi connectivity index (χ2v) is 9.26. The number of imide groups is 1. The Labute approximate surface area is 221 Å². The zero-order valence-corrected chi connectivity index (χ0v) is 20.9. The summed E-state index contributed by atoms with van der Waals surface area (Å²) >= 11 is 0.713. The number of anilines is 1. The van der Waals surface area contributed by atoms with Crippen LogP contribution in [0.2, 0.25) is 0 Å². The predicted octanol–water partition coefficient (Wildman–Crippen LogP) is 4.84. The predicted molar refractivity (Wildman–Crippen MR) is 142 cm³/mol. The van der Waals surface area contributed by atoms with Crippen molar-refractivity contribution >= 4 is 52.0 Å². The molecule has 1 aliphatic rings. The number of benzene rings is 3. The molecule has 11 heteroatoms. The Bertz CT molecular complexity index is 1450. The largest absolute Gasteiger partial charge is 0.484 e. The van der Waals surface area contributed by atoms with Crippen LogP contribution in [0.3, 0.4) is 0 Å². The lowest BCUT2D eigenvalue weighted by molar-refractivity contribution is -0.384. The van der Waals surface area contributed by atoms with Crippen LogP contribution >= 0.6 is 11.8 Å². The first-order valence-electron chi connectivity index (χ1n) is 11.3. The first-order valence-corrected chi connectivity index (χ1v) is 12.1. The van der Waals surface area contributed by atoms with E-state index in [0.29, 0.717) is 28.8 Å². The molecule has 0 aromatic heterocycles. The Kier molecular flexibility index (Phi) is 7.97. The van der Waals surface area contributed by atoms with Crippen molar-refractivity contribution in [1.29, 1.82) is 0 Å². The maximum atomic E-state index is 12.8. The minimum Gasteiger partial charge on any atom is -0.484 e. The van der Waals surface area contributed by atoms with Crippen LogP contribution in [0, 0.1) is 17.0 Å². The molecule has 0 saturated carbocycles. The van der Waals surface area contributed by atoms with E-state index >= 15 is 0 Å². The molecule has 192 valence electrons. The molecule has 0 bridgehead atoms. The van der Waals surface area contributed by atoms with Crippen molar-refractivity contribution in [2.45, 2.75) is 6.92 Å². The van der Waals surface area contributed by atoms with Crippen LogP contribution < -0.4 is 10.1 Å². The molecule has 0 atom stereocenters. The maximum absolute atomic E-state index is 12.8. The van der Waals surface area contributed by atoms with Gasteiger partial charge in [-0.05, 0) is 72.3 Å². The van der Waals surface area contributed by atoms with Crippen molar-refractivity contribution in [2.75, 3.05) is 18.5 Å². The third-order valence-corrected chi connectivity index (χ3v) is 6.33. The highest BCUT2D eigenvalue weighted by Crippen LogP contribution is 2.32. The van der Waals surface area contributed by atoms with Gasteiger partial charge in [-0.3, -0.25) is 34.2 Å². The third kappa shape index (κ3) is 6.51. The highest BCUT2D eigenvalue weighted by atomic mass is 32.2. The lowest BCUT2D eigenvalue weighted by atomic mass is 10.1. The summed E-state index contributed by atoms with van der Waals surface area (Å²) in [5, 5.41) is 12.9. The van der Waals surface area contributed by atoms with Crippen LogP contribution in [0.15, 0.2) is 77.7 Å². The Balaban J connectivity index is 1.33. The van der Waals surface area contributed by atoms with Gasteiger partial charge in [0.25, 0.3) is 22.7 Å². The highest BCUT2D eigenvalue weighted by Gasteiger charge is 2.36. The molecule has 0 radical (unpaired) electrons.